The number of hydrogen-bond acceptors (Lipinski definition) is 0. The Morgan fingerprint density at radius 1 is 0.615 bits per heavy atom. The van der Waals surface area contributed by atoms with Gasteiger partial charge in [0.25, 0.3) is 0 Å². The average molecular weight is 602 g/mol. The zero-order chi connectivity index (χ0) is 26.4. The van der Waals surface area contributed by atoms with Gasteiger partial charge in [-0.05, 0) is 16.5 Å². The molecule has 0 heterocycles. The van der Waals surface area contributed by atoms with Crippen molar-refractivity contribution in [3.8, 4) is 22.3 Å². The molecule has 6 aromatic carbocycles. The monoisotopic (exact) mass is 600 g/mol. The molecule has 6 rings (SSSR count). The minimum absolute atomic E-state index is 0. The number of aryl methyl sites for hydroxylation is 1. The summed E-state index contributed by atoms with van der Waals surface area (Å²) in [7, 11) is 0. The minimum atomic E-state index is 0. The van der Waals surface area contributed by atoms with E-state index < -0.39 is 0 Å². The van der Waals surface area contributed by atoms with Gasteiger partial charge in [0.1, 0.15) is 0 Å². The summed E-state index contributed by atoms with van der Waals surface area (Å²) in [5, 5.41) is 5.34. The van der Waals surface area contributed by atoms with E-state index in [4.69, 9.17) is 0 Å². The van der Waals surface area contributed by atoms with E-state index in [2.05, 4.69) is 156 Å². The summed E-state index contributed by atoms with van der Waals surface area (Å²) in [5.41, 5.74) is 8.17. The molecule has 0 unspecified atom stereocenters. The summed E-state index contributed by atoms with van der Waals surface area (Å²) in [6.45, 7) is 12.0. The standard InChI is InChI=1S/C20H21.C15H11.2CH3.Si.Zr/c1-14-12-16-6-5-7-18(19(16)13-14)15-8-10-17(11-9-15)20(2,3)4;1-2-6-12(7-3-1)15-11-10-13-8-4-5-9-14(13)15;;;;/h5-13H,1-4H3;1-11H;2*1H3;;/q4*-1;;. The predicted molar refractivity (Wildman–Crippen MR) is 172 cm³/mol. The fourth-order valence-electron chi connectivity index (χ4n) is 4.81. The van der Waals surface area contributed by atoms with Crippen LogP contribution in [0.3, 0.4) is 0 Å². The summed E-state index contributed by atoms with van der Waals surface area (Å²) in [4.78, 5) is 0. The van der Waals surface area contributed by atoms with Crippen molar-refractivity contribution in [3.63, 3.8) is 0 Å². The first kappa shape index (κ1) is 32.4. The molecule has 2 heteroatoms. The molecule has 6 aromatic rings. The van der Waals surface area contributed by atoms with Gasteiger partial charge in [-0.3, -0.25) is 0 Å². The first-order chi connectivity index (χ1) is 17.9. The molecule has 0 spiro atoms. The maximum absolute atomic E-state index is 3.06. The molecule has 0 fully saturated rings. The van der Waals surface area contributed by atoms with Gasteiger partial charge in [0, 0.05) is 0 Å². The van der Waals surface area contributed by atoms with Gasteiger partial charge < -0.3 is 14.9 Å². The third-order valence-corrected chi connectivity index (χ3v) is 6.72. The first-order valence-corrected chi connectivity index (χ1v) is 16.8. The van der Waals surface area contributed by atoms with Crippen LogP contribution in [0.1, 0.15) is 31.9 Å². The van der Waals surface area contributed by atoms with Crippen molar-refractivity contribution in [1.29, 1.82) is 0 Å². The van der Waals surface area contributed by atoms with Gasteiger partial charge in [0.05, 0.1) is 0 Å². The Kier molecular flexibility index (Phi) is 12.1. The summed E-state index contributed by atoms with van der Waals surface area (Å²) in [6.07, 6.45) is 0. The van der Waals surface area contributed by atoms with Crippen LogP contribution in [0.15, 0.2) is 121 Å². The van der Waals surface area contributed by atoms with Crippen molar-refractivity contribution in [2.75, 3.05) is 0 Å². The van der Waals surface area contributed by atoms with Crippen molar-refractivity contribution in [1.82, 2.24) is 0 Å². The molecule has 0 N–H and O–H groups in total. The van der Waals surface area contributed by atoms with Gasteiger partial charge in [-0.2, -0.15) is 6.07 Å². The molecule has 0 saturated heterocycles. The zero-order valence-corrected chi connectivity index (χ0v) is 27.5. The van der Waals surface area contributed by atoms with Crippen molar-refractivity contribution in [2.45, 2.75) is 33.1 Å². The van der Waals surface area contributed by atoms with Crippen molar-refractivity contribution in [3.05, 3.63) is 147 Å². The third kappa shape index (κ3) is 7.65. The average Bonchev–Trinajstić information content (AvgIpc) is 3.53. The Morgan fingerprint density at radius 2 is 1.21 bits per heavy atom. The van der Waals surface area contributed by atoms with Crippen molar-refractivity contribution >= 4 is 28.4 Å². The maximum atomic E-state index is 3.06. The van der Waals surface area contributed by atoms with E-state index in [0.717, 1.165) is 0 Å². The molecule has 0 aliphatic heterocycles. The topological polar surface area (TPSA) is 0 Å². The summed E-state index contributed by atoms with van der Waals surface area (Å²) in [5.74, 6) is 0. The summed E-state index contributed by atoms with van der Waals surface area (Å²) < 4.78 is 0. The Balaban J connectivity index is 0.000000252. The number of fused-ring (bicyclic) bond motifs is 2. The van der Waals surface area contributed by atoms with Gasteiger partial charge in [-0.25, -0.2) is 0 Å². The predicted octanol–water partition coefficient (Wildman–Crippen LogP) is 10.6. The van der Waals surface area contributed by atoms with Crippen LogP contribution >= 0.6 is 0 Å². The van der Waals surface area contributed by atoms with Crippen LogP contribution in [0.4, 0.5) is 0 Å². The van der Waals surface area contributed by atoms with Gasteiger partial charge in [0.2, 0.25) is 0 Å². The van der Waals surface area contributed by atoms with Gasteiger partial charge in [0.15, 0.2) is 0 Å². The number of rotatable bonds is 2. The van der Waals surface area contributed by atoms with E-state index in [-0.39, 0.29) is 20.3 Å². The molecule has 39 heavy (non-hydrogen) atoms. The van der Waals surface area contributed by atoms with Crippen LogP contribution in [0, 0.1) is 21.8 Å². The van der Waals surface area contributed by atoms with Gasteiger partial charge >= 0.3 is 30.2 Å². The van der Waals surface area contributed by atoms with Crippen LogP contribution < -0.4 is 0 Å². The maximum Gasteiger partial charge on any atom is -0.0623 e. The number of hydrogen-bond donors (Lipinski definition) is 0. The molecule has 0 aliphatic carbocycles. The van der Waals surface area contributed by atoms with E-state index in [9.17, 15) is 0 Å². The molecule has 0 bridgehead atoms. The zero-order valence-electron chi connectivity index (χ0n) is 24.0. The van der Waals surface area contributed by atoms with E-state index in [1.807, 2.05) is 0 Å². The van der Waals surface area contributed by atoms with E-state index >= 15 is 0 Å². The minimum Gasteiger partial charge on any atom is -0.150 e. The van der Waals surface area contributed by atoms with Crippen LogP contribution in [0.2, 0.25) is 0 Å². The number of benzene rings is 4. The van der Waals surface area contributed by atoms with Crippen molar-refractivity contribution < 1.29 is 23.3 Å². The Hall–Kier alpha value is -2.80. The second-order valence-electron chi connectivity index (χ2n) is 10.4. The third-order valence-electron chi connectivity index (χ3n) is 6.72. The second-order valence-corrected chi connectivity index (χ2v) is 10.4. The summed E-state index contributed by atoms with van der Waals surface area (Å²) in [6, 6.07) is 43.5. The van der Waals surface area contributed by atoms with Crippen LogP contribution in [-0.2, 0) is 28.8 Å². The van der Waals surface area contributed by atoms with Crippen molar-refractivity contribution in [2.24, 2.45) is 0 Å². The summed E-state index contributed by atoms with van der Waals surface area (Å²) >= 11 is 1.36. The smallest absolute Gasteiger partial charge is 0.0623 e. The fraction of sp³-hybridized carbons (Fsp3) is 0.135. The van der Waals surface area contributed by atoms with E-state index in [1.54, 1.807) is 0 Å². The SMILES string of the molecule is Cc1cc2c(-c3ccc(C(C)(C)C)cc3)cccc2[cH-]1.[CH3-].[CH3-].[Si]=[Zr].c1ccc(-c2c[cH-]c3ccccc23)cc1. The molecule has 2 radical (unpaired) electrons. The second kappa shape index (κ2) is 14.5. The first-order valence-electron chi connectivity index (χ1n) is 12.6. The van der Waals surface area contributed by atoms with Crippen LogP contribution in [0.25, 0.3) is 43.8 Å². The molecule has 0 aliphatic rings. The normalized spacial score (nSPS) is 10.3. The molecule has 198 valence electrons. The molecular weight excluding hydrogens is 564 g/mol. The fourth-order valence-corrected chi connectivity index (χ4v) is 4.81. The Labute approximate surface area is 253 Å². The molecule has 0 atom stereocenters. The molecule has 0 nitrogen and oxygen atoms in total. The van der Waals surface area contributed by atoms with Crippen LogP contribution in [0.5, 0.6) is 0 Å². The molecule has 0 aromatic heterocycles. The Morgan fingerprint density at radius 3 is 1.87 bits per heavy atom. The largest absolute Gasteiger partial charge is 0.150 e. The quantitative estimate of drug-likeness (QED) is 0.137. The molecule has 0 amide bonds. The molecular formula is C37H38SiZr-4. The van der Waals surface area contributed by atoms with Gasteiger partial charge in [-0.1, -0.05) is 106 Å². The van der Waals surface area contributed by atoms with E-state index in [1.165, 1.54) is 78.3 Å². The van der Waals surface area contributed by atoms with Gasteiger partial charge in [-0.15, -0.1) is 81.2 Å². The van der Waals surface area contributed by atoms with E-state index in [0.29, 0.717) is 0 Å². The molecule has 0 saturated carbocycles. The van der Waals surface area contributed by atoms with Crippen LogP contribution in [-0.4, -0.2) is 6.88 Å². The Bertz CT molecular complexity index is 1580.